The molecule has 2 fully saturated rings. The molecule has 2 amide bonds. The van der Waals surface area contributed by atoms with Crippen LogP contribution in [0.3, 0.4) is 0 Å². The second-order valence-corrected chi connectivity index (χ2v) is 9.16. The molecule has 1 saturated carbocycles. The first kappa shape index (κ1) is 24.1. The Labute approximate surface area is 196 Å². The maximum atomic E-state index is 12.9. The fraction of sp³-hybridized carbons (Fsp3) is 0.440. The molecule has 0 spiro atoms. The number of amides is 2. The number of nitrogens with two attached hydrogens (primary N) is 1. The van der Waals surface area contributed by atoms with Crippen LogP contribution in [0.5, 0.6) is 0 Å². The summed E-state index contributed by atoms with van der Waals surface area (Å²) in [5, 5.41) is 5.24. The van der Waals surface area contributed by atoms with E-state index in [-0.39, 0.29) is 29.7 Å². The van der Waals surface area contributed by atoms with Gasteiger partial charge in [0.2, 0.25) is 5.91 Å². The zero-order valence-electron chi connectivity index (χ0n) is 18.8. The lowest BCUT2D eigenvalue weighted by atomic mass is 9.80. The highest BCUT2D eigenvalue weighted by atomic mass is 19.4. The van der Waals surface area contributed by atoms with E-state index in [1.165, 1.54) is 5.56 Å². The molecule has 4 rings (SSSR count). The number of rotatable bonds is 6. The van der Waals surface area contributed by atoms with Crippen molar-refractivity contribution in [2.45, 2.75) is 49.9 Å². The molecule has 1 heterocycles. The summed E-state index contributed by atoms with van der Waals surface area (Å²) in [6.45, 7) is 1.22. The van der Waals surface area contributed by atoms with Crippen LogP contribution in [0, 0.1) is 0 Å². The summed E-state index contributed by atoms with van der Waals surface area (Å²) in [6, 6.07) is 13.8. The second kappa shape index (κ2) is 10.0. The summed E-state index contributed by atoms with van der Waals surface area (Å²) in [7, 11) is 0. The number of anilines is 1. The smallest absolute Gasteiger partial charge is 0.399 e. The fourth-order valence-corrected chi connectivity index (χ4v) is 4.89. The summed E-state index contributed by atoms with van der Waals surface area (Å²) < 4.78 is 38.8. The van der Waals surface area contributed by atoms with Crippen molar-refractivity contribution in [3.63, 3.8) is 0 Å². The molecule has 0 atom stereocenters. The fourth-order valence-electron chi connectivity index (χ4n) is 4.89. The van der Waals surface area contributed by atoms with Crippen LogP contribution in [0.15, 0.2) is 48.5 Å². The number of nitrogens with zero attached hydrogens (tertiary/aromatic N) is 1. The lowest BCUT2D eigenvalue weighted by Gasteiger charge is -2.46. The van der Waals surface area contributed by atoms with Gasteiger partial charge in [0.15, 0.2) is 0 Å². The minimum absolute atomic E-state index is 0.0143. The normalized spacial score (nSPS) is 21.5. The highest BCUT2D eigenvalue weighted by molar-refractivity contribution is 5.97. The topological polar surface area (TPSA) is 87.5 Å². The Bertz CT molecular complexity index is 1010. The molecule has 9 heteroatoms. The van der Waals surface area contributed by atoms with Gasteiger partial charge in [0.1, 0.15) is 0 Å². The third kappa shape index (κ3) is 5.88. The van der Waals surface area contributed by atoms with E-state index in [4.69, 9.17) is 5.73 Å². The van der Waals surface area contributed by atoms with Crippen LogP contribution in [0.2, 0.25) is 0 Å². The monoisotopic (exact) mass is 474 g/mol. The van der Waals surface area contributed by atoms with Crippen LogP contribution in [-0.2, 0) is 11.0 Å². The third-order valence-electron chi connectivity index (χ3n) is 6.71. The average Bonchev–Trinajstić information content (AvgIpc) is 2.79. The number of halogens is 3. The van der Waals surface area contributed by atoms with Crippen LogP contribution in [0.1, 0.15) is 53.1 Å². The van der Waals surface area contributed by atoms with Crippen LogP contribution in [0.25, 0.3) is 0 Å². The number of hydrogen-bond donors (Lipinski definition) is 3. The molecular formula is C25H29F3N4O2. The Morgan fingerprint density at radius 2 is 1.68 bits per heavy atom. The van der Waals surface area contributed by atoms with Crippen LogP contribution in [0.4, 0.5) is 18.9 Å². The van der Waals surface area contributed by atoms with Crippen LogP contribution < -0.4 is 16.4 Å². The minimum atomic E-state index is -4.61. The Balaban J connectivity index is 1.17. The van der Waals surface area contributed by atoms with E-state index in [1.54, 1.807) is 0 Å². The van der Waals surface area contributed by atoms with Crippen molar-refractivity contribution in [3.05, 3.63) is 65.2 Å². The molecular weight excluding hydrogens is 445 g/mol. The van der Waals surface area contributed by atoms with E-state index in [1.807, 2.05) is 6.07 Å². The second-order valence-electron chi connectivity index (χ2n) is 9.16. The molecule has 1 saturated heterocycles. The molecule has 4 N–H and O–H groups in total. The molecule has 182 valence electrons. The predicted molar refractivity (Wildman–Crippen MR) is 123 cm³/mol. The number of carbonyl (C=O) groups is 2. The average molecular weight is 475 g/mol. The molecule has 1 aliphatic carbocycles. The molecule has 2 aromatic rings. The molecule has 2 aliphatic rings. The first-order chi connectivity index (χ1) is 16.2. The van der Waals surface area contributed by atoms with Gasteiger partial charge in [0.05, 0.1) is 18.2 Å². The summed E-state index contributed by atoms with van der Waals surface area (Å²) in [6.07, 6.45) is -0.0198. The number of hydrogen-bond acceptors (Lipinski definition) is 4. The molecule has 0 aromatic heterocycles. The number of likely N-dealkylation sites (tertiary alicyclic amines) is 1. The minimum Gasteiger partial charge on any atom is -0.399 e. The molecule has 0 bridgehead atoms. The van der Waals surface area contributed by atoms with Gasteiger partial charge in [-0.15, -0.1) is 0 Å². The van der Waals surface area contributed by atoms with Gasteiger partial charge in [-0.1, -0.05) is 30.3 Å². The predicted octanol–water partition coefficient (Wildman–Crippen LogP) is 3.54. The highest BCUT2D eigenvalue weighted by Gasteiger charge is 2.35. The summed E-state index contributed by atoms with van der Waals surface area (Å²) >= 11 is 0. The molecule has 34 heavy (non-hydrogen) atoms. The Morgan fingerprint density at radius 1 is 1.00 bits per heavy atom. The van der Waals surface area contributed by atoms with Crippen molar-refractivity contribution in [1.29, 1.82) is 0 Å². The lowest BCUT2D eigenvalue weighted by Crippen LogP contribution is -2.63. The molecule has 6 nitrogen and oxygen atoms in total. The Kier molecular flexibility index (Phi) is 7.11. The number of nitrogens with one attached hydrogen (secondary N) is 2. The summed E-state index contributed by atoms with van der Waals surface area (Å²) in [4.78, 5) is 26.8. The van der Waals surface area contributed by atoms with Crippen LogP contribution in [-0.4, -0.2) is 48.4 Å². The zero-order chi connectivity index (χ0) is 24.3. The van der Waals surface area contributed by atoms with Gasteiger partial charge in [0.25, 0.3) is 5.91 Å². The number of benzene rings is 2. The van der Waals surface area contributed by atoms with E-state index < -0.39 is 17.6 Å². The third-order valence-corrected chi connectivity index (χ3v) is 6.71. The molecule has 0 radical (unpaired) electrons. The number of nitrogen functional groups attached to an aromatic ring is 1. The van der Waals surface area contributed by atoms with Gasteiger partial charge in [-0.3, -0.25) is 14.5 Å². The maximum Gasteiger partial charge on any atom is 0.416 e. The zero-order valence-corrected chi connectivity index (χ0v) is 18.8. The summed E-state index contributed by atoms with van der Waals surface area (Å²) in [5.41, 5.74) is 5.49. The van der Waals surface area contributed by atoms with Crippen LogP contribution >= 0.6 is 0 Å². The quantitative estimate of drug-likeness (QED) is 0.559. The van der Waals surface area contributed by atoms with E-state index >= 15 is 0 Å². The van der Waals surface area contributed by atoms with Crippen molar-refractivity contribution in [2.24, 2.45) is 0 Å². The van der Waals surface area contributed by atoms with Gasteiger partial charge in [0, 0.05) is 30.4 Å². The first-order valence-electron chi connectivity index (χ1n) is 11.5. The van der Waals surface area contributed by atoms with Crippen molar-refractivity contribution >= 4 is 17.5 Å². The van der Waals surface area contributed by atoms with E-state index in [0.29, 0.717) is 12.0 Å². The van der Waals surface area contributed by atoms with Crippen molar-refractivity contribution < 1.29 is 22.8 Å². The van der Waals surface area contributed by atoms with Gasteiger partial charge in [-0.2, -0.15) is 13.2 Å². The van der Waals surface area contributed by atoms with Gasteiger partial charge in [-0.25, -0.2) is 0 Å². The van der Waals surface area contributed by atoms with E-state index in [0.717, 1.165) is 57.0 Å². The molecule has 2 aromatic carbocycles. The molecule has 1 aliphatic heterocycles. The van der Waals surface area contributed by atoms with Crippen molar-refractivity contribution in [1.82, 2.24) is 15.5 Å². The van der Waals surface area contributed by atoms with Crippen molar-refractivity contribution in [2.75, 3.05) is 25.4 Å². The Hall–Kier alpha value is -3.07. The van der Waals surface area contributed by atoms with Gasteiger partial charge < -0.3 is 16.4 Å². The Morgan fingerprint density at radius 3 is 2.32 bits per heavy atom. The largest absolute Gasteiger partial charge is 0.416 e. The van der Waals surface area contributed by atoms with Gasteiger partial charge in [-0.05, 0) is 55.4 Å². The number of carbonyl (C=O) groups excluding carboxylic acids is 2. The maximum absolute atomic E-state index is 12.9. The first-order valence-corrected chi connectivity index (χ1v) is 11.5. The van der Waals surface area contributed by atoms with Gasteiger partial charge >= 0.3 is 6.18 Å². The van der Waals surface area contributed by atoms with E-state index in [2.05, 4.69) is 39.8 Å². The highest BCUT2D eigenvalue weighted by Crippen LogP contribution is 2.36. The van der Waals surface area contributed by atoms with Crippen molar-refractivity contribution in [3.8, 4) is 0 Å². The molecule has 0 unspecified atom stereocenters. The standard InChI is InChI=1S/C25H29F3N4O2/c26-25(27,28)19-10-18(11-20(29)12-19)24(34)30-13-23(33)31-21-14-32(15-21)22-8-6-17(7-9-22)16-4-2-1-3-5-16/h1-5,10-12,17,21-22H,6-9,13-15,29H2,(H,30,34)(H,31,33)/t17-,22+. The SMILES string of the molecule is Nc1cc(C(=O)NCC(=O)NC2CN([C@H]3CC[C@@H](c4ccccc4)CC3)C2)cc(C(F)(F)F)c1. The lowest BCUT2D eigenvalue weighted by molar-refractivity contribution is -0.137. The summed E-state index contributed by atoms with van der Waals surface area (Å²) in [5.74, 6) is -0.533. The number of alkyl halides is 3. The van der Waals surface area contributed by atoms with E-state index in [9.17, 15) is 22.8 Å².